The minimum absolute atomic E-state index is 0.0370. The van der Waals surface area contributed by atoms with Crippen LogP contribution in [-0.4, -0.2) is 31.3 Å². The van der Waals surface area contributed by atoms with Gasteiger partial charge in [0.25, 0.3) is 0 Å². The van der Waals surface area contributed by atoms with Crippen LogP contribution in [-0.2, 0) is 6.54 Å². The Bertz CT molecular complexity index is 411. The van der Waals surface area contributed by atoms with Crippen molar-refractivity contribution < 1.29 is 9.50 Å². The molecule has 1 unspecified atom stereocenters. The molecule has 0 saturated carbocycles. The topological polar surface area (TPSA) is 35.5 Å². The summed E-state index contributed by atoms with van der Waals surface area (Å²) in [6, 6.07) is 5.24. The molecule has 3 nitrogen and oxygen atoms in total. The molecule has 106 valence electrons. The van der Waals surface area contributed by atoms with E-state index < -0.39 is 0 Å². The van der Waals surface area contributed by atoms with Crippen LogP contribution in [0.1, 0.15) is 31.2 Å². The maximum Gasteiger partial charge on any atom is 0.146 e. The van der Waals surface area contributed by atoms with Crippen molar-refractivity contribution >= 4 is 5.69 Å². The van der Waals surface area contributed by atoms with E-state index in [1.54, 1.807) is 6.07 Å². The van der Waals surface area contributed by atoms with Gasteiger partial charge in [0.1, 0.15) is 5.82 Å². The molecule has 0 amide bonds. The maximum absolute atomic E-state index is 14.2. The summed E-state index contributed by atoms with van der Waals surface area (Å²) in [6.45, 7) is 1.55. The molecule has 0 spiro atoms. The first-order valence-electron chi connectivity index (χ1n) is 7.07. The summed E-state index contributed by atoms with van der Waals surface area (Å²) in [5.74, 6) is -0.187. The van der Waals surface area contributed by atoms with E-state index in [0.717, 1.165) is 37.8 Å². The van der Waals surface area contributed by atoms with Gasteiger partial charge in [0, 0.05) is 13.1 Å². The molecule has 0 radical (unpaired) electrons. The average molecular weight is 266 g/mol. The van der Waals surface area contributed by atoms with Crippen LogP contribution in [0.15, 0.2) is 18.2 Å². The highest BCUT2D eigenvalue weighted by atomic mass is 19.1. The van der Waals surface area contributed by atoms with Crippen molar-refractivity contribution in [2.45, 2.75) is 38.3 Å². The van der Waals surface area contributed by atoms with Gasteiger partial charge in [0.05, 0.1) is 18.3 Å². The summed E-state index contributed by atoms with van der Waals surface area (Å²) in [5, 5.41) is 12.7. The number of halogens is 1. The molecule has 1 fully saturated rings. The van der Waals surface area contributed by atoms with Crippen LogP contribution < -0.4 is 10.2 Å². The highest BCUT2D eigenvalue weighted by Crippen LogP contribution is 2.30. The van der Waals surface area contributed by atoms with Gasteiger partial charge in [-0.3, -0.25) is 0 Å². The number of aliphatic hydroxyl groups is 1. The Labute approximate surface area is 114 Å². The number of benzene rings is 1. The van der Waals surface area contributed by atoms with E-state index in [4.69, 9.17) is 0 Å². The van der Waals surface area contributed by atoms with Crippen molar-refractivity contribution in [3.63, 3.8) is 0 Å². The third-order valence-corrected chi connectivity index (χ3v) is 3.81. The fourth-order valence-corrected chi connectivity index (χ4v) is 2.88. The van der Waals surface area contributed by atoms with Crippen LogP contribution in [0.25, 0.3) is 0 Å². The van der Waals surface area contributed by atoms with Gasteiger partial charge in [-0.1, -0.05) is 25.0 Å². The third kappa shape index (κ3) is 3.25. The van der Waals surface area contributed by atoms with Gasteiger partial charge in [0.2, 0.25) is 0 Å². The van der Waals surface area contributed by atoms with Crippen LogP contribution >= 0.6 is 0 Å². The number of rotatable bonds is 4. The Morgan fingerprint density at radius 3 is 2.95 bits per heavy atom. The number of nitrogens with zero attached hydrogens (tertiary/aromatic N) is 1. The van der Waals surface area contributed by atoms with Gasteiger partial charge in [-0.15, -0.1) is 0 Å². The lowest BCUT2D eigenvalue weighted by molar-refractivity contribution is 0.254. The monoisotopic (exact) mass is 266 g/mol. The Morgan fingerprint density at radius 2 is 2.21 bits per heavy atom. The van der Waals surface area contributed by atoms with E-state index in [0.29, 0.717) is 12.2 Å². The number of nitrogens with one attached hydrogen (secondary N) is 1. The Balaban J connectivity index is 2.36. The maximum atomic E-state index is 14.2. The Kier molecular flexibility index (Phi) is 5.16. The molecule has 1 aromatic rings. The summed E-state index contributed by atoms with van der Waals surface area (Å²) in [5.41, 5.74) is 1.63. The summed E-state index contributed by atoms with van der Waals surface area (Å²) in [7, 11) is 1.86. The molecule has 19 heavy (non-hydrogen) atoms. The van der Waals surface area contributed by atoms with Crippen LogP contribution in [0.2, 0.25) is 0 Å². The molecule has 1 saturated heterocycles. The molecule has 1 aliphatic heterocycles. The molecule has 0 bridgehead atoms. The number of para-hydroxylation sites is 1. The van der Waals surface area contributed by atoms with Crippen molar-refractivity contribution in [3.8, 4) is 0 Å². The first-order chi connectivity index (χ1) is 9.27. The minimum Gasteiger partial charge on any atom is -0.394 e. The van der Waals surface area contributed by atoms with Crippen molar-refractivity contribution in [2.75, 3.05) is 25.1 Å². The third-order valence-electron chi connectivity index (χ3n) is 3.81. The van der Waals surface area contributed by atoms with E-state index in [9.17, 15) is 9.50 Å². The highest BCUT2D eigenvalue weighted by Gasteiger charge is 2.24. The first-order valence-corrected chi connectivity index (χ1v) is 7.07. The number of anilines is 1. The van der Waals surface area contributed by atoms with E-state index >= 15 is 0 Å². The summed E-state index contributed by atoms with van der Waals surface area (Å²) < 4.78 is 14.2. The lowest BCUT2D eigenvalue weighted by atomic mass is 10.1. The standard InChI is InChI=1S/C15H23FN2O/c1-17-10-12-6-5-8-14(16)15(12)18-9-4-2-3-7-13(18)11-19/h5-6,8,13,17,19H,2-4,7,9-11H2,1H3. The van der Waals surface area contributed by atoms with Crippen molar-refractivity contribution in [1.29, 1.82) is 0 Å². The van der Waals surface area contributed by atoms with E-state index in [2.05, 4.69) is 10.2 Å². The molecule has 0 aliphatic carbocycles. The fraction of sp³-hybridized carbons (Fsp3) is 0.600. The van der Waals surface area contributed by atoms with E-state index in [1.807, 2.05) is 13.1 Å². The van der Waals surface area contributed by atoms with Gasteiger partial charge < -0.3 is 15.3 Å². The van der Waals surface area contributed by atoms with E-state index in [1.165, 1.54) is 6.07 Å². The van der Waals surface area contributed by atoms with Gasteiger partial charge in [0.15, 0.2) is 0 Å². The predicted molar refractivity (Wildman–Crippen MR) is 75.9 cm³/mol. The predicted octanol–water partition coefficient (Wildman–Crippen LogP) is 2.29. The second kappa shape index (κ2) is 6.87. The average Bonchev–Trinajstić information content (AvgIpc) is 2.64. The fourth-order valence-electron chi connectivity index (χ4n) is 2.88. The van der Waals surface area contributed by atoms with Gasteiger partial charge in [-0.25, -0.2) is 4.39 Å². The second-order valence-electron chi connectivity index (χ2n) is 5.16. The first kappa shape index (κ1) is 14.3. The molecule has 4 heteroatoms. The molecule has 1 heterocycles. The van der Waals surface area contributed by atoms with Gasteiger partial charge in [-0.2, -0.15) is 0 Å². The molecule has 1 atom stereocenters. The smallest absolute Gasteiger partial charge is 0.146 e. The number of hydrogen-bond acceptors (Lipinski definition) is 3. The highest BCUT2D eigenvalue weighted by molar-refractivity contribution is 5.56. The summed E-state index contributed by atoms with van der Waals surface area (Å²) in [6.07, 6.45) is 4.26. The van der Waals surface area contributed by atoms with Crippen LogP contribution in [0.5, 0.6) is 0 Å². The zero-order chi connectivity index (χ0) is 13.7. The van der Waals surface area contributed by atoms with Crippen molar-refractivity contribution in [2.24, 2.45) is 0 Å². The van der Waals surface area contributed by atoms with Crippen molar-refractivity contribution in [1.82, 2.24) is 5.32 Å². The molecular formula is C15H23FN2O. The largest absolute Gasteiger partial charge is 0.394 e. The molecule has 2 N–H and O–H groups in total. The van der Waals surface area contributed by atoms with Gasteiger partial charge >= 0.3 is 0 Å². The van der Waals surface area contributed by atoms with E-state index in [-0.39, 0.29) is 18.5 Å². The van der Waals surface area contributed by atoms with Crippen LogP contribution in [0, 0.1) is 5.82 Å². The lowest BCUT2D eigenvalue weighted by Crippen LogP contribution is -2.39. The summed E-state index contributed by atoms with van der Waals surface area (Å²) >= 11 is 0. The molecule has 0 aromatic heterocycles. The minimum atomic E-state index is -0.187. The SMILES string of the molecule is CNCc1cccc(F)c1N1CCCCCC1CO. The quantitative estimate of drug-likeness (QED) is 0.877. The van der Waals surface area contributed by atoms with Crippen LogP contribution in [0.3, 0.4) is 0 Å². The Hall–Kier alpha value is -1.13. The number of aliphatic hydroxyl groups excluding tert-OH is 1. The van der Waals surface area contributed by atoms with Crippen LogP contribution in [0.4, 0.5) is 10.1 Å². The molecule has 1 aliphatic rings. The van der Waals surface area contributed by atoms with Crippen molar-refractivity contribution in [3.05, 3.63) is 29.6 Å². The summed E-state index contributed by atoms with van der Waals surface area (Å²) in [4.78, 5) is 2.06. The zero-order valence-electron chi connectivity index (χ0n) is 11.5. The molecular weight excluding hydrogens is 243 g/mol. The lowest BCUT2D eigenvalue weighted by Gasteiger charge is -2.32. The zero-order valence-corrected chi connectivity index (χ0v) is 11.5. The Morgan fingerprint density at radius 1 is 1.37 bits per heavy atom. The molecule has 1 aromatic carbocycles. The normalized spacial score (nSPS) is 20.4. The number of hydrogen-bond donors (Lipinski definition) is 2. The molecule has 2 rings (SSSR count). The van der Waals surface area contributed by atoms with Gasteiger partial charge in [-0.05, 0) is 31.5 Å². The second-order valence-corrected chi connectivity index (χ2v) is 5.16.